The standard InChI is InChI=1S/C14H10N2O2.C9H21N/c15-13(17)9-1-3-10(4-2-9)14(18)16-11-5-6-12(16)8-7-11;1-5-9(3,4)6-8(2)7-10/h1-8H,(H2,15,17);8H,5-7,10H2,1-4H3. The average Bonchev–Trinajstić information content (AvgIpc) is 3.28. The van der Waals surface area contributed by atoms with Gasteiger partial charge in [0.05, 0.1) is 0 Å². The molecule has 1 amide bonds. The molecule has 0 fully saturated rings. The smallest absolute Gasteiger partial charge is 0.262 e. The Kier molecular flexibility index (Phi) is 6.97. The van der Waals surface area contributed by atoms with Crippen molar-refractivity contribution in [2.45, 2.75) is 40.5 Å². The molecule has 2 heterocycles. The van der Waals surface area contributed by atoms with Gasteiger partial charge in [-0.2, -0.15) is 0 Å². The Bertz CT molecular complexity index is 861. The quantitative estimate of drug-likeness (QED) is 0.668. The van der Waals surface area contributed by atoms with Crippen molar-refractivity contribution in [1.82, 2.24) is 4.57 Å². The summed E-state index contributed by atoms with van der Waals surface area (Å²) in [5, 5.41) is 0. The molecule has 0 radical (unpaired) electrons. The number of nitrogens with two attached hydrogens (primary N) is 2. The van der Waals surface area contributed by atoms with Crippen molar-refractivity contribution in [1.29, 1.82) is 0 Å². The van der Waals surface area contributed by atoms with Crippen LogP contribution < -0.4 is 11.5 Å². The van der Waals surface area contributed by atoms with E-state index in [-0.39, 0.29) is 5.91 Å². The van der Waals surface area contributed by atoms with Crippen molar-refractivity contribution >= 4 is 22.8 Å². The van der Waals surface area contributed by atoms with Gasteiger partial charge in [0.2, 0.25) is 5.91 Å². The summed E-state index contributed by atoms with van der Waals surface area (Å²) in [5.74, 6) is 0.0725. The lowest BCUT2D eigenvalue weighted by molar-refractivity contribution is 0.0965. The molecule has 0 saturated heterocycles. The number of fused-ring (bicyclic) bond motifs is 2. The molecular weight excluding hydrogens is 350 g/mol. The molecule has 3 rings (SSSR count). The number of nitrogens with zero attached hydrogens (tertiary/aromatic N) is 1. The van der Waals surface area contributed by atoms with Crippen molar-refractivity contribution in [3.05, 3.63) is 59.7 Å². The lowest BCUT2D eigenvalue weighted by atomic mass is 9.81. The van der Waals surface area contributed by atoms with E-state index in [0.717, 1.165) is 17.6 Å². The van der Waals surface area contributed by atoms with Crippen molar-refractivity contribution in [3.63, 3.8) is 0 Å². The van der Waals surface area contributed by atoms with Crippen LogP contribution >= 0.6 is 0 Å². The fraction of sp³-hybridized carbons (Fsp3) is 0.391. The van der Waals surface area contributed by atoms with Crippen LogP contribution in [0.2, 0.25) is 0 Å². The molecule has 28 heavy (non-hydrogen) atoms. The first kappa shape index (κ1) is 21.6. The predicted molar refractivity (Wildman–Crippen MR) is 115 cm³/mol. The highest BCUT2D eigenvalue weighted by molar-refractivity contribution is 6.03. The highest BCUT2D eigenvalue weighted by Crippen LogP contribution is 2.28. The molecule has 5 heteroatoms. The van der Waals surface area contributed by atoms with E-state index in [1.807, 2.05) is 24.3 Å². The molecule has 3 aromatic rings. The van der Waals surface area contributed by atoms with Gasteiger partial charge < -0.3 is 11.5 Å². The molecule has 1 atom stereocenters. The van der Waals surface area contributed by atoms with Crippen LogP contribution in [-0.2, 0) is 0 Å². The summed E-state index contributed by atoms with van der Waals surface area (Å²) in [4.78, 5) is 23.2. The first-order valence-corrected chi connectivity index (χ1v) is 9.73. The molecule has 1 unspecified atom stereocenters. The fourth-order valence-electron chi connectivity index (χ4n) is 3.21. The van der Waals surface area contributed by atoms with Crippen molar-refractivity contribution < 1.29 is 9.59 Å². The second-order valence-corrected chi connectivity index (χ2v) is 8.16. The van der Waals surface area contributed by atoms with E-state index >= 15 is 0 Å². The minimum Gasteiger partial charge on any atom is -0.366 e. The van der Waals surface area contributed by atoms with Crippen LogP contribution in [0.3, 0.4) is 0 Å². The topological polar surface area (TPSA) is 91.1 Å². The Morgan fingerprint density at radius 1 is 0.964 bits per heavy atom. The Morgan fingerprint density at radius 2 is 1.43 bits per heavy atom. The fourth-order valence-corrected chi connectivity index (χ4v) is 3.21. The van der Waals surface area contributed by atoms with E-state index in [9.17, 15) is 9.59 Å². The number of hydrogen-bond donors (Lipinski definition) is 2. The van der Waals surface area contributed by atoms with Crippen LogP contribution in [0.5, 0.6) is 0 Å². The molecule has 1 aromatic carbocycles. The maximum absolute atomic E-state index is 12.3. The number of aromatic nitrogens is 1. The summed E-state index contributed by atoms with van der Waals surface area (Å²) in [6.45, 7) is 9.89. The molecular formula is C23H31N3O2. The van der Waals surface area contributed by atoms with Crippen molar-refractivity contribution in [2.75, 3.05) is 6.54 Å². The summed E-state index contributed by atoms with van der Waals surface area (Å²) in [5.41, 5.74) is 13.8. The largest absolute Gasteiger partial charge is 0.366 e. The van der Waals surface area contributed by atoms with Gasteiger partial charge >= 0.3 is 0 Å². The molecule has 150 valence electrons. The van der Waals surface area contributed by atoms with Crippen LogP contribution in [0.15, 0.2) is 48.5 Å². The van der Waals surface area contributed by atoms with Crippen LogP contribution in [-0.4, -0.2) is 22.9 Å². The van der Waals surface area contributed by atoms with Crippen molar-refractivity contribution in [3.8, 4) is 0 Å². The van der Waals surface area contributed by atoms with E-state index in [1.165, 1.54) is 12.8 Å². The van der Waals surface area contributed by atoms with E-state index in [2.05, 4.69) is 27.7 Å². The van der Waals surface area contributed by atoms with E-state index in [1.54, 1.807) is 28.8 Å². The number of carbonyl (C=O) groups excluding carboxylic acids is 2. The van der Waals surface area contributed by atoms with Gasteiger partial charge in [0, 0.05) is 22.2 Å². The van der Waals surface area contributed by atoms with Crippen LogP contribution in [0.25, 0.3) is 11.0 Å². The Labute approximate surface area is 167 Å². The van der Waals surface area contributed by atoms with Gasteiger partial charge in [-0.05, 0) is 72.8 Å². The molecule has 0 aliphatic carbocycles. The maximum Gasteiger partial charge on any atom is 0.262 e. The third-order valence-electron chi connectivity index (χ3n) is 5.25. The molecule has 5 nitrogen and oxygen atoms in total. The van der Waals surface area contributed by atoms with E-state index in [0.29, 0.717) is 22.5 Å². The number of hydrogen-bond acceptors (Lipinski definition) is 3. The lowest BCUT2D eigenvalue weighted by Gasteiger charge is -2.25. The minimum absolute atomic E-state index is 0.106. The first-order chi connectivity index (χ1) is 13.2. The summed E-state index contributed by atoms with van der Waals surface area (Å²) < 4.78 is 1.64. The van der Waals surface area contributed by atoms with Crippen LogP contribution in [0, 0.1) is 11.3 Å². The van der Waals surface area contributed by atoms with Gasteiger partial charge in [-0.3, -0.25) is 14.2 Å². The number of carbonyl (C=O) groups is 2. The third-order valence-corrected chi connectivity index (χ3v) is 5.25. The average molecular weight is 382 g/mol. The second kappa shape index (κ2) is 9.02. The van der Waals surface area contributed by atoms with Gasteiger partial charge in [-0.1, -0.05) is 34.1 Å². The number of benzene rings is 2. The van der Waals surface area contributed by atoms with Gasteiger partial charge in [0.15, 0.2) is 0 Å². The van der Waals surface area contributed by atoms with Gasteiger partial charge in [-0.25, -0.2) is 0 Å². The third kappa shape index (κ3) is 5.20. The first-order valence-electron chi connectivity index (χ1n) is 9.73. The molecule has 2 aromatic heterocycles. The molecule has 0 saturated carbocycles. The Hall–Kier alpha value is -2.66. The van der Waals surface area contributed by atoms with Crippen LogP contribution in [0.1, 0.15) is 61.3 Å². The zero-order valence-electron chi connectivity index (χ0n) is 17.2. The summed E-state index contributed by atoms with van der Waals surface area (Å²) in [6, 6.07) is 13.9. The normalized spacial score (nSPS) is 12.5. The van der Waals surface area contributed by atoms with Gasteiger partial charge in [0.1, 0.15) is 0 Å². The predicted octanol–water partition coefficient (Wildman–Crippen LogP) is 4.27. The summed E-state index contributed by atoms with van der Waals surface area (Å²) >= 11 is 0. The van der Waals surface area contributed by atoms with Gasteiger partial charge in [0.25, 0.3) is 5.91 Å². The number of rotatable bonds is 6. The number of primary amides is 1. The highest BCUT2D eigenvalue weighted by atomic mass is 16.2. The maximum atomic E-state index is 12.3. The van der Waals surface area contributed by atoms with E-state index in [4.69, 9.17) is 11.5 Å². The zero-order chi connectivity index (χ0) is 20.9. The molecule has 0 aliphatic rings. The Morgan fingerprint density at radius 3 is 1.82 bits per heavy atom. The number of amides is 1. The van der Waals surface area contributed by atoms with E-state index < -0.39 is 5.91 Å². The lowest BCUT2D eigenvalue weighted by Crippen LogP contribution is -2.19. The summed E-state index contributed by atoms with van der Waals surface area (Å²) in [7, 11) is 0. The van der Waals surface area contributed by atoms with Crippen molar-refractivity contribution in [2.24, 2.45) is 22.8 Å². The van der Waals surface area contributed by atoms with Gasteiger partial charge in [-0.15, -0.1) is 0 Å². The Balaban J connectivity index is 0.000000242. The SMILES string of the molecule is CCC(C)(C)CC(C)CN.NC(=O)c1ccc(C(=O)n2c3ccc2cc3)cc1. The zero-order valence-corrected chi connectivity index (χ0v) is 17.2. The molecule has 0 aliphatic heterocycles. The summed E-state index contributed by atoms with van der Waals surface area (Å²) in [6.07, 6.45) is 2.50. The molecule has 4 N–H and O–H groups in total. The molecule has 0 spiro atoms. The van der Waals surface area contributed by atoms with Crippen LogP contribution in [0.4, 0.5) is 0 Å². The second-order valence-electron chi connectivity index (χ2n) is 8.16. The highest BCUT2D eigenvalue weighted by Gasteiger charge is 2.17. The minimum atomic E-state index is -0.498. The molecule has 2 bridgehead atoms. The monoisotopic (exact) mass is 381 g/mol.